The molecule has 0 spiro atoms. The van der Waals surface area contributed by atoms with Crippen LogP contribution in [0, 0.1) is 6.92 Å². The Balaban J connectivity index is 2.16. The SMILES string of the molecule is Cc1ccccc1CN(C)S(=O)(=O)N1CCCCC1CCl. The molecule has 1 atom stereocenters. The Bertz CT molecular complexity index is 577. The van der Waals surface area contributed by atoms with Crippen molar-refractivity contribution >= 4 is 21.8 Å². The number of hydrogen-bond acceptors (Lipinski definition) is 2. The molecular weight excluding hydrogens is 308 g/mol. The second-order valence-electron chi connectivity index (χ2n) is 5.60. The smallest absolute Gasteiger partial charge is 0.195 e. The van der Waals surface area contributed by atoms with Gasteiger partial charge in [-0.05, 0) is 30.9 Å². The highest BCUT2D eigenvalue weighted by molar-refractivity contribution is 7.86. The topological polar surface area (TPSA) is 40.6 Å². The van der Waals surface area contributed by atoms with Gasteiger partial charge in [-0.15, -0.1) is 11.6 Å². The van der Waals surface area contributed by atoms with Gasteiger partial charge >= 0.3 is 0 Å². The lowest BCUT2D eigenvalue weighted by molar-refractivity contribution is 0.251. The third kappa shape index (κ3) is 3.77. The van der Waals surface area contributed by atoms with Crippen molar-refractivity contribution < 1.29 is 8.42 Å². The quantitative estimate of drug-likeness (QED) is 0.779. The maximum atomic E-state index is 12.8. The highest BCUT2D eigenvalue weighted by Crippen LogP contribution is 2.24. The largest absolute Gasteiger partial charge is 0.282 e. The first-order valence-electron chi connectivity index (χ1n) is 7.30. The van der Waals surface area contributed by atoms with Crippen LogP contribution in [0.15, 0.2) is 24.3 Å². The van der Waals surface area contributed by atoms with E-state index in [1.54, 1.807) is 11.4 Å². The third-order valence-electron chi connectivity index (χ3n) is 4.10. The van der Waals surface area contributed by atoms with E-state index in [9.17, 15) is 8.42 Å². The van der Waals surface area contributed by atoms with Crippen molar-refractivity contribution in [2.24, 2.45) is 0 Å². The molecule has 0 bridgehead atoms. The lowest BCUT2D eigenvalue weighted by Crippen LogP contribution is -2.50. The maximum Gasteiger partial charge on any atom is 0.282 e. The number of benzene rings is 1. The summed E-state index contributed by atoms with van der Waals surface area (Å²) in [5.41, 5.74) is 2.13. The van der Waals surface area contributed by atoms with E-state index in [0.717, 1.165) is 30.4 Å². The number of piperidine rings is 1. The molecule has 1 saturated heterocycles. The average molecular weight is 331 g/mol. The molecule has 0 aliphatic carbocycles. The van der Waals surface area contributed by atoms with Gasteiger partial charge in [0.25, 0.3) is 10.2 Å². The van der Waals surface area contributed by atoms with E-state index in [1.807, 2.05) is 31.2 Å². The van der Waals surface area contributed by atoms with Crippen molar-refractivity contribution in [1.29, 1.82) is 0 Å². The van der Waals surface area contributed by atoms with Crippen molar-refractivity contribution in [2.75, 3.05) is 19.5 Å². The van der Waals surface area contributed by atoms with Gasteiger partial charge < -0.3 is 0 Å². The van der Waals surface area contributed by atoms with E-state index in [1.165, 1.54) is 4.31 Å². The van der Waals surface area contributed by atoms with Crippen molar-refractivity contribution in [1.82, 2.24) is 8.61 Å². The molecule has 6 heteroatoms. The highest BCUT2D eigenvalue weighted by atomic mass is 35.5. The second-order valence-corrected chi connectivity index (χ2v) is 7.90. The van der Waals surface area contributed by atoms with Crippen LogP contribution in [-0.4, -0.2) is 42.5 Å². The van der Waals surface area contributed by atoms with Gasteiger partial charge in [-0.1, -0.05) is 30.7 Å². The van der Waals surface area contributed by atoms with E-state index in [2.05, 4.69) is 0 Å². The molecule has 0 radical (unpaired) electrons. The lowest BCUT2D eigenvalue weighted by Gasteiger charge is -2.36. The van der Waals surface area contributed by atoms with Crippen molar-refractivity contribution in [3.63, 3.8) is 0 Å². The predicted molar refractivity (Wildman–Crippen MR) is 86.6 cm³/mol. The Morgan fingerprint density at radius 2 is 2.05 bits per heavy atom. The molecule has 1 fully saturated rings. The molecule has 0 saturated carbocycles. The van der Waals surface area contributed by atoms with Gasteiger partial charge in [-0.2, -0.15) is 17.0 Å². The van der Waals surface area contributed by atoms with Crippen molar-refractivity contribution in [2.45, 2.75) is 38.8 Å². The first kappa shape index (κ1) is 16.7. The van der Waals surface area contributed by atoms with Crippen LogP contribution in [0.1, 0.15) is 30.4 Å². The van der Waals surface area contributed by atoms with Crippen LogP contribution >= 0.6 is 11.6 Å². The Hall–Kier alpha value is -0.620. The molecule has 4 nitrogen and oxygen atoms in total. The summed E-state index contributed by atoms with van der Waals surface area (Å²) in [5, 5.41) is 0. The molecule has 1 aromatic carbocycles. The van der Waals surface area contributed by atoms with Crippen LogP contribution in [-0.2, 0) is 16.8 Å². The number of hydrogen-bond donors (Lipinski definition) is 0. The van der Waals surface area contributed by atoms with E-state index in [4.69, 9.17) is 11.6 Å². The van der Waals surface area contributed by atoms with Crippen LogP contribution in [0.4, 0.5) is 0 Å². The molecule has 1 aromatic rings. The van der Waals surface area contributed by atoms with Crippen molar-refractivity contribution in [3.05, 3.63) is 35.4 Å². The maximum absolute atomic E-state index is 12.8. The Morgan fingerprint density at radius 3 is 2.71 bits per heavy atom. The van der Waals surface area contributed by atoms with Crippen molar-refractivity contribution in [3.8, 4) is 0 Å². The van der Waals surface area contributed by atoms with Gasteiger partial charge in [-0.25, -0.2) is 0 Å². The second kappa shape index (κ2) is 7.09. The molecule has 0 aromatic heterocycles. The molecule has 1 aliphatic rings. The first-order chi connectivity index (χ1) is 9.96. The summed E-state index contributed by atoms with van der Waals surface area (Å²) < 4.78 is 28.5. The molecule has 0 amide bonds. The van der Waals surface area contributed by atoms with Crippen LogP contribution in [0.2, 0.25) is 0 Å². The minimum absolute atomic E-state index is 0.0789. The summed E-state index contributed by atoms with van der Waals surface area (Å²) in [4.78, 5) is 0. The van der Waals surface area contributed by atoms with Crippen LogP contribution < -0.4 is 0 Å². The van der Waals surface area contributed by atoms with Gasteiger partial charge in [0.15, 0.2) is 0 Å². The lowest BCUT2D eigenvalue weighted by atomic mass is 10.1. The Labute approximate surface area is 132 Å². The van der Waals surface area contributed by atoms with Gasteiger partial charge in [-0.3, -0.25) is 0 Å². The van der Waals surface area contributed by atoms with E-state index in [0.29, 0.717) is 19.0 Å². The number of halogens is 1. The van der Waals surface area contributed by atoms with E-state index in [-0.39, 0.29) is 6.04 Å². The molecule has 1 heterocycles. The molecule has 118 valence electrons. The fourth-order valence-corrected chi connectivity index (χ4v) is 4.70. The summed E-state index contributed by atoms with van der Waals surface area (Å²) in [7, 11) is -1.82. The number of aryl methyl sites for hydroxylation is 1. The zero-order chi connectivity index (χ0) is 15.5. The summed E-state index contributed by atoms with van der Waals surface area (Å²) >= 11 is 5.95. The fourth-order valence-electron chi connectivity index (χ4n) is 2.72. The monoisotopic (exact) mass is 330 g/mol. The number of nitrogens with zero attached hydrogens (tertiary/aromatic N) is 2. The van der Waals surface area contributed by atoms with Crippen LogP contribution in [0.3, 0.4) is 0 Å². The fraction of sp³-hybridized carbons (Fsp3) is 0.600. The summed E-state index contributed by atoms with van der Waals surface area (Å²) in [6.07, 6.45) is 2.80. The van der Waals surface area contributed by atoms with Gasteiger partial charge in [0.05, 0.1) is 0 Å². The molecule has 2 rings (SSSR count). The zero-order valence-corrected chi connectivity index (χ0v) is 14.2. The van der Waals surface area contributed by atoms with Gasteiger partial charge in [0.1, 0.15) is 0 Å². The molecule has 1 aliphatic heterocycles. The standard InChI is InChI=1S/C15H23ClN2O2S/c1-13-7-3-4-8-14(13)12-17(2)21(19,20)18-10-6-5-9-15(18)11-16/h3-4,7-8,15H,5-6,9-12H2,1-2H3. The number of alkyl halides is 1. The summed E-state index contributed by atoms with van der Waals surface area (Å²) in [6.45, 7) is 2.95. The normalized spacial score (nSPS) is 20.9. The Kier molecular flexibility index (Phi) is 5.66. The van der Waals surface area contributed by atoms with Crippen LogP contribution in [0.25, 0.3) is 0 Å². The Morgan fingerprint density at radius 1 is 1.33 bits per heavy atom. The molecular formula is C15H23ClN2O2S. The van der Waals surface area contributed by atoms with Gasteiger partial charge in [0.2, 0.25) is 0 Å². The zero-order valence-electron chi connectivity index (χ0n) is 12.6. The van der Waals surface area contributed by atoms with Gasteiger partial charge in [0, 0.05) is 32.1 Å². The summed E-state index contributed by atoms with van der Waals surface area (Å²) in [6, 6.07) is 7.78. The minimum Gasteiger partial charge on any atom is -0.195 e. The van der Waals surface area contributed by atoms with Crippen LogP contribution in [0.5, 0.6) is 0 Å². The number of rotatable bonds is 5. The third-order valence-corrected chi connectivity index (χ3v) is 6.44. The molecule has 1 unspecified atom stereocenters. The molecule has 21 heavy (non-hydrogen) atoms. The minimum atomic E-state index is -3.46. The van der Waals surface area contributed by atoms with E-state index >= 15 is 0 Å². The highest BCUT2D eigenvalue weighted by Gasteiger charge is 2.34. The average Bonchev–Trinajstić information content (AvgIpc) is 2.49. The predicted octanol–water partition coefficient (Wildman–Crippen LogP) is 2.76. The van der Waals surface area contributed by atoms with E-state index < -0.39 is 10.2 Å². The summed E-state index contributed by atoms with van der Waals surface area (Å²) in [5.74, 6) is 0.359. The molecule has 0 N–H and O–H groups in total. The first-order valence-corrected chi connectivity index (χ1v) is 9.23.